The van der Waals surface area contributed by atoms with Gasteiger partial charge in [-0.3, -0.25) is 11.1 Å². The fraction of sp³-hybridized carbons (Fsp3) is 0.0323. The zero-order valence-electron chi connectivity index (χ0n) is 19.0. The molecule has 0 saturated heterocycles. The number of benzene rings is 4. The number of amidine groups is 1. The minimum absolute atomic E-state index is 0.151. The molecule has 4 aromatic carbocycles. The lowest BCUT2D eigenvalue weighted by atomic mass is 9.92. The van der Waals surface area contributed by atoms with Crippen LogP contribution in [0.15, 0.2) is 114 Å². The molecular weight excluding hydrogens is 428 g/mol. The minimum Gasteiger partial charge on any atom is -0.326 e. The summed E-state index contributed by atoms with van der Waals surface area (Å²) in [5.74, 6) is 0.327. The van der Waals surface area contributed by atoms with E-state index in [4.69, 9.17) is 16.1 Å². The summed E-state index contributed by atoms with van der Waals surface area (Å²) in [5.41, 5.74) is 18.2. The van der Waals surface area contributed by atoms with Crippen LogP contribution >= 0.6 is 0 Å². The first-order valence-electron chi connectivity index (χ1n) is 11.8. The first-order valence-corrected chi connectivity index (χ1v) is 11.8. The molecule has 4 nitrogen and oxygen atoms in total. The molecule has 0 bridgehead atoms. The number of nitrogens with two attached hydrogens (primary N) is 2. The molecule has 0 amide bonds. The standard InChI is InChI=1S/C31H22N4/c32-31(33)23-9-4-8-21(17-23)19-6-3-7-20(16-19)22-14-15-29-27(18-22)34-26-12-5-11-25-24-10-1-2-13-28(24)35(29)30(25)26/h1-18,30H,(H3,32,33)/p+1. The van der Waals surface area contributed by atoms with E-state index >= 15 is 0 Å². The van der Waals surface area contributed by atoms with E-state index in [1.807, 2.05) is 18.2 Å². The summed E-state index contributed by atoms with van der Waals surface area (Å²) in [4.78, 5) is 7.54. The average Bonchev–Trinajstić information content (AvgIpc) is 3.25. The van der Waals surface area contributed by atoms with Crippen molar-refractivity contribution in [2.75, 3.05) is 4.90 Å². The Morgan fingerprint density at radius 2 is 1.51 bits per heavy atom. The topological polar surface area (TPSA) is 67.2 Å². The maximum atomic E-state index is 5.82. The molecule has 35 heavy (non-hydrogen) atoms. The highest BCUT2D eigenvalue weighted by Gasteiger charge is 2.41. The van der Waals surface area contributed by atoms with Crippen LogP contribution in [0.1, 0.15) is 11.1 Å². The van der Waals surface area contributed by atoms with Crippen molar-refractivity contribution in [3.8, 4) is 22.3 Å². The van der Waals surface area contributed by atoms with E-state index in [1.165, 1.54) is 16.8 Å². The van der Waals surface area contributed by atoms with E-state index < -0.39 is 0 Å². The number of aliphatic imine (C=N–C) groups is 1. The zero-order valence-corrected chi connectivity index (χ0v) is 19.0. The Kier molecular flexibility index (Phi) is 4.18. The van der Waals surface area contributed by atoms with E-state index in [0.29, 0.717) is 5.84 Å². The summed E-state index contributed by atoms with van der Waals surface area (Å²) in [6.45, 7) is 0. The number of fused-ring (bicyclic) bond motifs is 5. The first kappa shape index (κ1) is 19.7. The van der Waals surface area contributed by atoms with E-state index in [9.17, 15) is 0 Å². The molecule has 4 heteroatoms. The molecule has 2 heterocycles. The SMILES string of the molecule is NC(=[NH2+])c1cccc(-c2cccc(-c3ccc4c(c3)N=C3C=CC=C5c6ccccc6N4C53)c2)c1. The Morgan fingerprint density at radius 3 is 2.34 bits per heavy atom. The van der Waals surface area contributed by atoms with Crippen molar-refractivity contribution >= 4 is 34.2 Å². The number of rotatable bonds is 3. The highest BCUT2D eigenvalue weighted by molar-refractivity contribution is 6.20. The smallest absolute Gasteiger partial charge is 0.270 e. The van der Waals surface area contributed by atoms with Crippen molar-refractivity contribution in [3.63, 3.8) is 0 Å². The summed E-state index contributed by atoms with van der Waals surface area (Å²) in [7, 11) is 0. The maximum absolute atomic E-state index is 5.82. The van der Waals surface area contributed by atoms with Gasteiger partial charge in [-0.1, -0.05) is 66.7 Å². The van der Waals surface area contributed by atoms with Gasteiger partial charge in [0.1, 0.15) is 6.04 Å². The van der Waals surface area contributed by atoms with Gasteiger partial charge in [0.15, 0.2) is 0 Å². The van der Waals surface area contributed by atoms with Gasteiger partial charge in [0, 0.05) is 11.3 Å². The van der Waals surface area contributed by atoms with Gasteiger partial charge in [0.25, 0.3) is 5.84 Å². The fourth-order valence-corrected chi connectivity index (χ4v) is 5.43. The van der Waals surface area contributed by atoms with Gasteiger partial charge in [-0.05, 0) is 70.3 Å². The molecular formula is C31H23N4+. The number of anilines is 2. The third kappa shape index (κ3) is 3.00. The Labute approximate surface area is 203 Å². The number of hydrogen-bond donors (Lipinski definition) is 2. The van der Waals surface area contributed by atoms with Crippen molar-refractivity contribution in [1.29, 1.82) is 0 Å². The van der Waals surface area contributed by atoms with Gasteiger partial charge < -0.3 is 4.90 Å². The quantitative estimate of drug-likeness (QED) is 0.338. The molecule has 1 unspecified atom stereocenters. The van der Waals surface area contributed by atoms with Crippen LogP contribution in [0.2, 0.25) is 0 Å². The van der Waals surface area contributed by atoms with Crippen molar-refractivity contribution in [2.24, 2.45) is 10.7 Å². The molecule has 0 saturated carbocycles. The molecule has 4 N–H and O–H groups in total. The van der Waals surface area contributed by atoms with Crippen LogP contribution in [0.5, 0.6) is 0 Å². The number of allylic oxidation sites excluding steroid dienone is 2. The molecule has 0 fully saturated rings. The summed E-state index contributed by atoms with van der Waals surface area (Å²) in [6, 6.07) is 32.0. The molecule has 1 aliphatic carbocycles. The molecule has 0 radical (unpaired) electrons. The van der Waals surface area contributed by atoms with Crippen LogP contribution in [0.4, 0.5) is 17.1 Å². The Balaban J connectivity index is 1.33. The first-order chi connectivity index (χ1) is 17.2. The molecule has 2 aliphatic heterocycles. The Morgan fingerprint density at radius 1 is 0.771 bits per heavy atom. The lowest BCUT2D eigenvalue weighted by Gasteiger charge is -2.34. The highest BCUT2D eigenvalue weighted by Crippen LogP contribution is 2.52. The van der Waals surface area contributed by atoms with Crippen molar-refractivity contribution in [2.45, 2.75) is 6.04 Å². The van der Waals surface area contributed by atoms with E-state index in [2.05, 4.69) is 95.9 Å². The van der Waals surface area contributed by atoms with Crippen LogP contribution in [0.25, 0.3) is 27.8 Å². The molecule has 3 aliphatic rings. The van der Waals surface area contributed by atoms with Gasteiger partial charge in [0.2, 0.25) is 0 Å². The zero-order chi connectivity index (χ0) is 23.5. The van der Waals surface area contributed by atoms with Crippen molar-refractivity contribution in [1.82, 2.24) is 0 Å². The minimum atomic E-state index is 0.151. The van der Waals surface area contributed by atoms with E-state index in [0.717, 1.165) is 44.9 Å². The van der Waals surface area contributed by atoms with Gasteiger partial charge >= 0.3 is 0 Å². The summed E-state index contributed by atoms with van der Waals surface area (Å²) >= 11 is 0. The van der Waals surface area contributed by atoms with Crippen LogP contribution in [0, 0.1) is 0 Å². The second-order valence-electron chi connectivity index (χ2n) is 9.13. The lowest BCUT2D eigenvalue weighted by Crippen LogP contribution is -2.46. The van der Waals surface area contributed by atoms with E-state index in [1.54, 1.807) is 0 Å². The fourth-order valence-electron chi connectivity index (χ4n) is 5.43. The lowest BCUT2D eigenvalue weighted by molar-refractivity contribution is -0.114. The molecule has 166 valence electrons. The average molecular weight is 452 g/mol. The van der Waals surface area contributed by atoms with Gasteiger partial charge in [-0.2, -0.15) is 0 Å². The predicted octanol–water partition coefficient (Wildman–Crippen LogP) is 5.04. The van der Waals surface area contributed by atoms with Gasteiger partial charge in [0.05, 0.1) is 22.6 Å². The molecule has 7 rings (SSSR count). The normalized spacial score (nSPS) is 16.7. The van der Waals surface area contributed by atoms with Crippen LogP contribution < -0.4 is 16.0 Å². The Bertz CT molecular complexity index is 1640. The third-order valence-electron chi connectivity index (χ3n) is 7.06. The summed E-state index contributed by atoms with van der Waals surface area (Å²) in [6.07, 6.45) is 6.47. The number of nitrogens with zero attached hydrogens (tertiary/aromatic N) is 2. The van der Waals surface area contributed by atoms with E-state index in [-0.39, 0.29) is 6.04 Å². The third-order valence-corrected chi connectivity index (χ3v) is 7.06. The van der Waals surface area contributed by atoms with Gasteiger partial charge in [-0.25, -0.2) is 4.99 Å². The summed E-state index contributed by atoms with van der Waals surface area (Å²) in [5, 5.41) is 5.82. The summed E-state index contributed by atoms with van der Waals surface area (Å²) < 4.78 is 0. The van der Waals surface area contributed by atoms with Gasteiger partial charge in [-0.15, -0.1) is 0 Å². The molecule has 0 aromatic heterocycles. The van der Waals surface area contributed by atoms with Crippen LogP contribution in [-0.4, -0.2) is 17.6 Å². The second kappa shape index (κ2) is 7.40. The maximum Gasteiger partial charge on any atom is 0.270 e. The van der Waals surface area contributed by atoms with Crippen LogP contribution in [-0.2, 0) is 0 Å². The number of para-hydroxylation sites is 1. The molecule has 1 atom stereocenters. The number of hydrogen-bond acceptors (Lipinski definition) is 2. The van der Waals surface area contributed by atoms with Crippen molar-refractivity contribution in [3.05, 3.63) is 120 Å². The Hall–Kier alpha value is -4.70. The second-order valence-corrected chi connectivity index (χ2v) is 9.13. The monoisotopic (exact) mass is 451 g/mol. The molecule has 4 aromatic rings. The molecule has 0 spiro atoms. The largest absolute Gasteiger partial charge is 0.326 e. The predicted molar refractivity (Wildman–Crippen MR) is 144 cm³/mol. The van der Waals surface area contributed by atoms with Crippen molar-refractivity contribution < 1.29 is 5.41 Å². The van der Waals surface area contributed by atoms with Crippen LogP contribution in [0.3, 0.4) is 0 Å². The highest BCUT2D eigenvalue weighted by atomic mass is 15.2.